The smallest absolute Gasteiger partial charge is 0.270 e. The summed E-state index contributed by atoms with van der Waals surface area (Å²) in [6, 6.07) is 3.54. The van der Waals surface area contributed by atoms with E-state index in [4.69, 9.17) is 5.73 Å². The van der Waals surface area contributed by atoms with Crippen molar-refractivity contribution in [2.45, 2.75) is 31.7 Å². The normalized spacial score (nSPS) is 24.8. The SMILES string of the molecule is CN1CCCC2(CCN(C(=O)c3cccn3C)CC2)C1C(N)=O. The van der Waals surface area contributed by atoms with Gasteiger partial charge in [0.05, 0.1) is 6.04 Å². The molecule has 23 heavy (non-hydrogen) atoms. The van der Waals surface area contributed by atoms with Gasteiger partial charge in [-0.25, -0.2) is 0 Å². The molecule has 0 aromatic carbocycles. The van der Waals surface area contributed by atoms with Gasteiger partial charge in [0, 0.05) is 26.3 Å². The lowest BCUT2D eigenvalue weighted by molar-refractivity contribution is -0.132. The minimum atomic E-state index is -0.227. The van der Waals surface area contributed by atoms with Crippen molar-refractivity contribution in [1.29, 1.82) is 0 Å². The number of likely N-dealkylation sites (tertiary alicyclic amines) is 2. The maximum atomic E-state index is 12.6. The van der Waals surface area contributed by atoms with Crippen molar-refractivity contribution in [3.63, 3.8) is 0 Å². The Labute approximate surface area is 137 Å². The van der Waals surface area contributed by atoms with Crippen molar-refractivity contribution in [2.24, 2.45) is 18.2 Å². The molecule has 2 aliphatic rings. The van der Waals surface area contributed by atoms with E-state index >= 15 is 0 Å². The topological polar surface area (TPSA) is 71.6 Å². The van der Waals surface area contributed by atoms with Crippen LogP contribution in [0, 0.1) is 5.41 Å². The molecule has 1 aromatic rings. The predicted octanol–water partition coefficient (Wildman–Crippen LogP) is 0.827. The average Bonchev–Trinajstić information content (AvgIpc) is 2.93. The molecule has 2 aliphatic heterocycles. The van der Waals surface area contributed by atoms with Crippen LogP contribution in [0.3, 0.4) is 0 Å². The fraction of sp³-hybridized carbons (Fsp3) is 0.647. The number of aryl methyl sites for hydroxylation is 1. The third-order valence-corrected chi connectivity index (χ3v) is 5.69. The van der Waals surface area contributed by atoms with Crippen molar-refractivity contribution in [3.8, 4) is 0 Å². The third-order valence-electron chi connectivity index (χ3n) is 5.69. The zero-order chi connectivity index (χ0) is 16.6. The van der Waals surface area contributed by atoms with Crippen LogP contribution in [0.15, 0.2) is 18.3 Å². The van der Waals surface area contributed by atoms with Gasteiger partial charge >= 0.3 is 0 Å². The number of hydrogen-bond donors (Lipinski definition) is 1. The van der Waals surface area contributed by atoms with Gasteiger partial charge in [0.2, 0.25) is 5.91 Å². The summed E-state index contributed by atoms with van der Waals surface area (Å²) in [5.41, 5.74) is 6.34. The fourth-order valence-corrected chi connectivity index (χ4v) is 4.46. The van der Waals surface area contributed by atoms with Crippen LogP contribution >= 0.6 is 0 Å². The zero-order valence-electron chi connectivity index (χ0n) is 14.0. The second-order valence-electron chi connectivity index (χ2n) is 7.05. The number of rotatable bonds is 2. The van der Waals surface area contributed by atoms with E-state index in [1.807, 2.05) is 41.9 Å². The van der Waals surface area contributed by atoms with Crippen molar-refractivity contribution in [2.75, 3.05) is 26.7 Å². The van der Waals surface area contributed by atoms with E-state index in [0.717, 1.165) is 32.2 Å². The molecule has 1 aromatic heterocycles. The molecule has 1 unspecified atom stereocenters. The van der Waals surface area contributed by atoms with Gasteiger partial charge in [0.25, 0.3) is 5.91 Å². The van der Waals surface area contributed by atoms with Crippen LogP contribution < -0.4 is 5.73 Å². The Hall–Kier alpha value is -1.82. The molecule has 2 fully saturated rings. The number of likely N-dealkylation sites (N-methyl/N-ethyl adjacent to an activating group) is 1. The van der Waals surface area contributed by atoms with Gasteiger partial charge in [-0.05, 0) is 56.8 Å². The molecule has 3 heterocycles. The quantitative estimate of drug-likeness (QED) is 0.878. The molecule has 0 aliphatic carbocycles. The second-order valence-corrected chi connectivity index (χ2v) is 7.05. The number of nitrogens with two attached hydrogens (primary N) is 1. The van der Waals surface area contributed by atoms with Crippen LogP contribution in [0.1, 0.15) is 36.2 Å². The second kappa shape index (κ2) is 6.00. The number of nitrogens with zero attached hydrogens (tertiary/aromatic N) is 3. The summed E-state index contributed by atoms with van der Waals surface area (Å²) in [6.45, 7) is 2.31. The summed E-state index contributed by atoms with van der Waals surface area (Å²) in [4.78, 5) is 28.6. The van der Waals surface area contributed by atoms with E-state index in [-0.39, 0.29) is 23.3 Å². The first-order valence-electron chi connectivity index (χ1n) is 8.35. The number of primary amides is 1. The number of piperidine rings is 2. The van der Waals surface area contributed by atoms with Crippen LogP contribution in [0.2, 0.25) is 0 Å². The van der Waals surface area contributed by atoms with Gasteiger partial charge in [0.15, 0.2) is 0 Å². The minimum Gasteiger partial charge on any atom is -0.368 e. The summed E-state index contributed by atoms with van der Waals surface area (Å²) >= 11 is 0. The first-order chi connectivity index (χ1) is 10.9. The molecule has 1 atom stereocenters. The van der Waals surface area contributed by atoms with Crippen LogP contribution in [0.5, 0.6) is 0 Å². The molecular weight excluding hydrogens is 292 g/mol. The maximum absolute atomic E-state index is 12.6. The number of carbonyl (C=O) groups excluding carboxylic acids is 2. The Kier molecular flexibility index (Phi) is 4.19. The van der Waals surface area contributed by atoms with E-state index in [1.54, 1.807) is 0 Å². The number of amides is 2. The first kappa shape index (κ1) is 16.1. The lowest BCUT2D eigenvalue weighted by atomic mass is 9.66. The van der Waals surface area contributed by atoms with Crippen LogP contribution in [-0.2, 0) is 11.8 Å². The molecule has 2 amide bonds. The molecule has 0 radical (unpaired) electrons. The lowest BCUT2D eigenvalue weighted by Crippen LogP contribution is -2.60. The molecule has 3 rings (SSSR count). The van der Waals surface area contributed by atoms with Crippen molar-refractivity contribution < 1.29 is 9.59 Å². The van der Waals surface area contributed by atoms with Gasteiger partial charge in [-0.2, -0.15) is 0 Å². The largest absolute Gasteiger partial charge is 0.368 e. The highest BCUT2D eigenvalue weighted by atomic mass is 16.2. The number of aromatic nitrogens is 1. The molecule has 6 nitrogen and oxygen atoms in total. The van der Waals surface area contributed by atoms with Gasteiger partial charge in [-0.1, -0.05) is 0 Å². The summed E-state index contributed by atoms with van der Waals surface area (Å²) in [5.74, 6) is -0.151. The molecular formula is C17H26N4O2. The lowest BCUT2D eigenvalue weighted by Gasteiger charge is -2.51. The summed E-state index contributed by atoms with van der Waals surface area (Å²) in [6.07, 6.45) is 5.70. The highest BCUT2D eigenvalue weighted by Gasteiger charge is 2.48. The Morgan fingerprint density at radius 2 is 1.87 bits per heavy atom. The highest BCUT2D eigenvalue weighted by molar-refractivity contribution is 5.92. The standard InChI is InChI=1S/C17H26N4O2/c1-19-9-3-5-13(19)16(23)21-11-7-17(8-12-21)6-4-10-20(2)14(17)15(18)22/h3,5,9,14H,4,6-8,10-12H2,1-2H3,(H2,18,22). The van der Waals surface area contributed by atoms with Gasteiger partial charge in [-0.3, -0.25) is 14.5 Å². The predicted molar refractivity (Wildman–Crippen MR) is 87.8 cm³/mol. The Morgan fingerprint density at radius 3 is 2.43 bits per heavy atom. The van der Waals surface area contributed by atoms with E-state index in [2.05, 4.69) is 4.90 Å². The van der Waals surface area contributed by atoms with E-state index in [1.165, 1.54) is 0 Å². The molecule has 2 N–H and O–H groups in total. The maximum Gasteiger partial charge on any atom is 0.270 e. The minimum absolute atomic E-state index is 0.0657. The summed E-state index contributed by atoms with van der Waals surface area (Å²) in [5, 5.41) is 0. The van der Waals surface area contributed by atoms with Crippen LogP contribution in [0.25, 0.3) is 0 Å². The average molecular weight is 318 g/mol. The highest BCUT2D eigenvalue weighted by Crippen LogP contribution is 2.44. The monoisotopic (exact) mass is 318 g/mol. The van der Waals surface area contributed by atoms with Gasteiger partial charge in [0.1, 0.15) is 5.69 Å². The van der Waals surface area contributed by atoms with E-state index in [9.17, 15) is 9.59 Å². The third kappa shape index (κ3) is 2.76. The molecule has 6 heteroatoms. The summed E-state index contributed by atoms with van der Waals surface area (Å²) < 4.78 is 1.85. The summed E-state index contributed by atoms with van der Waals surface area (Å²) in [7, 11) is 3.87. The van der Waals surface area contributed by atoms with E-state index < -0.39 is 0 Å². The number of hydrogen-bond acceptors (Lipinski definition) is 3. The number of carbonyl (C=O) groups is 2. The molecule has 2 saturated heterocycles. The Balaban J connectivity index is 1.73. The van der Waals surface area contributed by atoms with Crippen LogP contribution in [-0.4, -0.2) is 58.9 Å². The molecule has 0 saturated carbocycles. The van der Waals surface area contributed by atoms with Gasteiger partial charge in [-0.15, -0.1) is 0 Å². The fourth-order valence-electron chi connectivity index (χ4n) is 4.46. The Bertz CT molecular complexity index is 601. The van der Waals surface area contributed by atoms with Crippen molar-refractivity contribution in [1.82, 2.24) is 14.4 Å². The van der Waals surface area contributed by atoms with Crippen LogP contribution in [0.4, 0.5) is 0 Å². The zero-order valence-corrected chi connectivity index (χ0v) is 14.0. The molecule has 1 spiro atoms. The molecule has 126 valence electrons. The van der Waals surface area contributed by atoms with Crippen molar-refractivity contribution >= 4 is 11.8 Å². The van der Waals surface area contributed by atoms with E-state index in [0.29, 0.717) is 18.8 Å². The molecule has 0 bridgehead atoms. The van der Waals surface area contributed by atoms with Crippen molar-refractivity contribution in [3.05, 3.63) is 24.0 Å². The Morgan fingerprint density at radius 1 is 1.17 bits per heavy atom. The van der Waals surface area contributed by atoms with Gasteiger partial charge < -0.3 is 15.2 Å². The first-order valence-corrected chi connectivity index (χ1v) is 8.35.